The number of amides is 1. The zero-order chi connectivity index (χ0) is 21.5. The smallest absolute Gasteiger partial charge is 0.339 e. The Bertz CT molecular complexity index is 663. The van der Waals surface area contributed by atoms with E-state index in [1.165, 1.54) is 19.4 Å². The number of carbonyl (C=O) groups excluding carboxylic acids is 3. The molecule has 0 saturated carbocycles. The van der Waals surface area contributed by atoms with E-state index < -0.39 is 17.8 Å². The monoisotopic (exact) mass is 408 g/mol. The molecule has 0 spiro atoms. The normalized spacial score (nSPS) is 10.3. The largest absolute Gasteiger partial charge is 0.494 e. The molecule has 1 aromatic heterocycles. The predicted octanol–water partition coefficient (Wildman–Crippen LogP) is 3.29. The number of ether oxygens (including phenoxy) is 3. The van der Waals surface area contributed by atoms with Crippen molar-refractivity contribution in [2.75, 3.05) is 26.9 Å². The molecular weight excluding hydrogens is 376 g/mol. The molecule has 0 radical (unpaired) electrons. The third-order valence-corrected chi connectivity index (χ3v) is 4.16. The van der Waals surface area contributed by atoms with Gasteiger partial charge in [0.05, 0.1) is 25.9 Å². The lowest BCUT2D eigenvalue weighted by Crippen LogP contribution is -2.31. The molecule has 162 valence electrons. The van der Waals surface area contributed by atoms with E-state index in [9.17, 15) is 14.4 Å². The number of hydrogen-bond acceptors (Lipinski definition) is 7. The van der Waals surface area contributed by atoms with Gasteiger partial charge < -0.3 is 19.5 Å². The van der Waals surface area contributed by atoms with E-state index in [4.69, 9.17) is 14.2 Å². The Balaban J connectivity index is 2.54. The van der Waals surface area contributed by atoms with Crippen LogP contribution >= 0.6 is 0 Å². The van der Waals surface area contributed by atoms with Crippen LogP contribution in [0, 0.1) is 0 Å². The Labute approximate surface area is 172 Å². The second-order valence-electron chi connectivity index (χ2n) is 6.58. The topological polar surface area (TPSA) is 104 Å². The molecule has 0 aliphatic carbocycles. The third kappa shape index (κ3) is 9.40. The molecule has 0 aliphatic rings. The Morgan fingerprint density at radius 3 is 2.31 bits per heavy atom. The zero-order valence-electron chi connectivity index (χ0n) is 17.6. The van der Waals surface area contributed by atoms with Crippen molar-refractivity contribution in [3.8, 4) is 5.75 Å². The van der Waals surface area contributed by atoms with Crippen molar-refractivity contribution in [2.24, 2.45) is 0 Å². The molecule has 0 aromatic carbocycles. The van der Waals surface area contributed by atoms with Crippen molar-refractivity contribution >= 4 is 17.8 Å². The van der Waals surface area contributed by atoms with Gasteiger partial charge in [0.2, 0.25) is 0 Å². The molecule has 0 atom stereocenters. The number of unbranched alkanes of at least 4 members (excludes halogenated alkanes) is 5. The summed E-state index contributed by atoms with van der Waals surface area (Å²) in [5.74, 6) is -1.50. The number of nitrogens with one attached hydrogen (secondary N) is 1. The second kappa shape index (κ2) is 14.4. The molecular formula is C21H32N2O6. The number of rotatable bonds is 14. The first-order chi connectivity index (χ1) is 14.0. The maximum atomic E-state index is 12.3. The summed E-state index contributed by atoms with van der Waals surface area (Å²) in [6.07, 6.45) is 8.08. The van der Waals surface area contributed by atoms with Gasteiger partial charge in [0, 0.05) is 6.20 Å². The van der Waals surface area contributed by atoms with Gasteiger partial charge in [-0.1, -0.05) is 46.0 Å². The van der Waals surface area contributed by atoms with E-state index in [0.717, 1.165) is 44.9 Å². The van der Waals surface area contributed by atoms with Gasteiger partial charge in [0.25, 0.3) is 5.91 Å². The number of carbonyl (C=O) groups is 3. The van der Waals surface area contributed by atoms with Crippen molar-refractivity contribution in [1.82, 2.24) is 10.3 Å². The maximum Gasteiger partial charge on any atom is 0.339 e. The summed E-state index contributed by atoms with van der Waals surface area (Å²) < 4.78 is 15.4. The molecule has 29 heavy (non-hydrogen) atoms. The van der Waals surface area contributed by atoms with E-state index in [-0.39, 0.29) is 23.6 Å². The molecule has 1 rings (SSSR count). The van der Waals surface area contributed by atoms with Crippen molar-refractivity contribution in [3.05, 3.63) is 23.5 Å². The highest BCUT2D eigenvalue weighted by atomic mass is 16.5. The summed E-state index contributed by atoms with van der Waals surface area (Å²) in [6, 6.07) is 1.40. The van der Waals surface area contributed by atoms with E-state index in [2.05, 4.69) is 24.1 Å². The number of hydrogen-bond donors (Lipinski definition) is 1. The SMILES string of the molecule is CCCCCCOC(=O)CNC(=O)c1ncc(C(=O)OCCCCC)cc1OC. The van der Waals surface area contributed by atoms with E-state index in [0.29, 0.717) is 13.2 Å². The first kappa shape index (κ1) is 24.4. The summed E-state index contributed by atoms with van der Waals surface area (Å²) >= 11 is 0. The van der Waals surface area contributed by atoms with Gasteiger partial charge >= 0.3 is 11.9 Å². The second-order valence-corrected chi connectivity index (χ2v) is 6.58. The highest BCUT2D eigenvalue weighted by molar-refractivity contribution is 5.98. The lowest BCUT2D eigenvalue weighted by molar-refractivity contribution is -0.142. The number of esters is 2. The molecule has 1 N–H and O–H groups in total. The maximum absolute atomic E-state index is 12.3. The quantitative estimate of drug-likeness (QED) is 0.372. The first-order valence-corrected chi connectivity index (χ1v) is 10.2. The van der Waals surface area contributed by atoms with Crippen LogP contribution < -0.4 is 10.1 Å². The van der Waals surface area contributed by atoms with Crippen LogP contribution in [0.4, 0.5) is 0 Å². The van der Waals surface area contributed by atoms with Crippen LogP contribution in [0.2, 0.25) is 0 Å². The standard InChI is InChI=1S/C21H32N2O6/c1-4-6-8-10-11-28-18(24)15-23-20(25)19-17(27-3)13-16(14-22-19)21(26)29-12-9-7-5-2/h13-14H,4-12,15H2,1-3H3,(H,23,25). The van der Waals surface area contributed by atoms with Gasteiger partial charge in [0.1, 0.15) is 6.54 Å². The highest BCUT2D eigenvalue weighted by Crippen LogP contribution is 2.18. The molecule has 1 heterocycles. The summed E-state index contributed by atoms with van der Waals surface area (Å²) in [6.45, 7) is 4.57. The third-order valence-electron chi connectivity index (χ3n) is 4.16. The minimum Gasteiger partial charge on any atom is -0.494 e. The number of methoxy groups -OCH3 is 1. The van der Waals surface area contributed by atoms with Crippen LogP contribution in [0.15, 0.2) is 12.3 Å². The van der Waals surface area contributed by atoms with Gasteiger partial charge in [-0.05, 0) is 18.9 Å². The van der Waals surface area contributed by atoms with Gasteiger partial charge in [0.15, 0.2) is 11.4 Å². The van der Waals surface area contributed by atoms with Crippen molar-refractivity contribution in [3.63, 3.8) is 0 Å². The average Bonchev–Trinajstić information content (AvgIpc) is 2.74. The molecule has 0 saturated heterocycles. The Morgan fingerprint density at radius 2 is 1.62 bits per heavy atom. The van der Waals surface area contributed by atoms with Gasteiger partial charge in [-0.25, -0.2) is 9.78 Å². The summed E-state index contributed by atoms with van der Waals surface area (Å²) in [4.78, 5) is 40.1. The van der Waals surface area contributed by atoms with Crippen LogP contribution in [-0.4, -0.2) is 49.7 Å². The number of nitrogens with zero attached hydrogens (tertiary/aromatic N) is 1. The summed E-state index contributed by atoms with van der Waals surface area (Å²) in [7, 11) is 1.37. The molecule has 0 bridgehead atoms. The Kier molecular flexibility index (Phi) is 12.1. The van der Waals surface area contributed by atoms with Crippen molar-refractivity contribution in [2.45, 2.75) is 58.8 Å². The highest BCUT2D eigenvalue weighted by Gasteiger charge is 2.18. The van der Waals surface area contributed by atoms with Gasteiger partial charge in [-0.3, -0.25) is 9.59 Å². The minimum absolute atomic E-state index is 0.0224. The van der Waals surface area contributed by atoms with Crippen molar-refractivity contribution < 1.29 is 28.6 Å². The Morgan fingerprint density at radius 1 is 0.966 bits per heavy atom. The zero-order valence-corrected chi connectivity index (χ0v) is 17.6. The molecule has 8 heteroatoms. The molecule has 8 nitrogen and oxygen atoms in total. The van der Waals surface area contributed by atoms with E-state index in [1.807, 2.05) is 0 Å². The fourth-order valence-electron chi connectivity index (χ4n) is 2.48. The lowest BCUT2D eigenvalue weighted by Gasteiger charge is -2.10. The molecule has 0 fully saturated rings. The summed E-state index contributed by atoms with van der Waals surface area (Å²) in [5.41, 5.74) is 0.173. The number of pyridine rings is 1. The number of aromatic nitrogens is 1. The minimum atomic E-state index is -0.590. The van der Waals surface area contributed by atoms with Crippen LogP contribution in [-0.2, 0) is 14.3 Å². The predicted molar refractivity (Wildman–Crippen MR) is 108 cm³/mol. The molecule has 1 aromatic rings. The van der Waals surface area contributed by atoms with Gasteiger partial charge in [-0.2, -0.15) is 0 Å². The van der Waals surface area contributed by atoms with Crippen LogP contribution in [0.5, 0.6) is 5.75 Å². The first-order valence-electron chi connectivity index (χ1n) is 10.2. The van der Waals surface area contributed by atoms with E-state index >= 15 is 0 Å². The molecule has 0 aliphatic heterocycles. The van der Waals surface area contributed by atoms with Crippen LogP contribution in [0.3, 0.4) is 0 Å². The Hall–Kier alpha value is -2.64. The molecule has 0 unspecified atom stereocenters. The molecule has 1 amide bonds. The fourth-order valence-corrected chi connectivity index (χ4v) is 2.48. The van der Waals surface area contributed by atoms with E-state index in [1.54, 1.807) is 0 Å². The van der Waals surface area contributed by atoms with Gasteiger partial charge in [-0.15, -0.1) is 0 Å². The lowest BCUT2D eigenvalue weighted by atomic mass is 10.2. The summed E-state index contributed by atoms with van der Waals surface area (Å²) in [5, 5.41) is 2.45. The van der Waals surface area contributed by atoms with Crippen LogP contribution in [0.1, 0.15) is 79.6 Å². The fraction of sp³-hybridized carbons (Fsp3) is 0.619. The van der Waals surface area contributed by atoms with Crippen LogP contribution in [0.25, 0.3) is 0 Å². The van der Waals surface area contributed by atoms with Crippen molar-refractivity contribution in [1.29, 1.82) is 0 Å². The average molecular weight is 408 g/mol.